The molecule has 1 aromatic heterocycles. The lowest BCUT2D eigenvalue weighted by Gasteiger charge is -2.04. The van der Waals surface area contributed by atoms with E-state index in [0.717, 1.165) is 22.8 Å². The van der Waals surface area contributed by atoms with E-state index in [1.807, 2.05) is 42.9 Å². The summed E-state index contributed by atoms with van der Waals surface area (Å²) < 4.78 is 1.93. The van der Waals surface area contributed by atoms with Crippen molar-refractivity contribution in [3.8, 4) is 0 Å². The van der Waals surface area contributed by atoms with Crippen LogP contribution in [0.15, 0.2) is 30.5 Å². The van der Waals surface area contributed by atoms with E-state index < -0.39 is 0 Å². The Hall–Kier alpha value is -1.28. The standard InChI is InChI=1S/C12H13ClN2/c1-9-7-11(3-4-12(9)13)8-15-6-5-10(2)14-15/h3-7H,8H2,1-2H3. The van der Waals surface area contributed by atoms with E-state index in [4.69, 9.17) is 11.6 Å². The molecule has 0 aliphatic heterocycles. The molecule has 0 aliphatic carbocycles. The molecule has 3 heteroatoms. The van der Waals surface area contributed by atoms with Crippen molar-refractivity contribution in [3.05, 3.63) is 52.3 Å². The van der Waals surface area contributed by atoms with Gasteiger partial charge in [-0.25, -0.2) is 0 Å². The van der Waals surface area contributed by atoms with E-state index in [1.165, 1.54) is 5.56 Å². The Morgan fingerprint density at radius 2 is 2.07 bits per heavy atom. The van der Waals surface area contributed by atoms with Crippen LogP contribution in [0.5, 0.6) is 0 Å². The summed E-state index contributed by atoms with van der Waals surface area (Å²) in [5.74, 6) is 0. The van der Waals surface area contributed by atoms with Crippen LogP contribution < -0.4 is 0 Å². The Labute approximate surface area is 94.5 Å². The zero-order chi connectivity index (χ0) is 10.8. The molecule has 0 bridgehead atoms. The summed E-state index contributed by atoms with van der Waals surface area (Å²) in [6.45, 7) is 4.80. The van der Waals surface area contributed by atoms with Crippen LogP contribution in [0.25, 0.3) is 0 Å². The highest BCUT2D eigenvalue weighted by atomic mass is 35.5. The van der Waals surface area contributed by atoms with Gasteiger partial charge in [0.1, 0.15) is 0 Å². The largest absolute Gasteiger partial charge is 0.268 e. The van der Waals surface area contributed by atoms with Crippen LogP contribution >= 0.6 is 11.6 Å². The summed E-state index contributed by atoms with van der Waals surface area (Å²) in [6.07, 6.45) is 1.99. The smallest absolute Gasteiger partial charge is 0.0659 e. The summed E-state index contributed by atoms with van der Waals surface area (Å²) in [7, 11) is 0. The fraction of sp³-hybridized carbons (Fsp3) is 0.250. The molecule has 2 nitrogen and oxygen atoms in total. The van der Waals surface area contributed by atoms with Crippen molar-refractivity contribution in [2.45, 2.75) is 20.4 Å². The molecule has 2 aromatic rings. The van der Waals surface area contributed by atoms with Crippen LogP contribution in [0.2, 0.25) is 5.02 Å². The molecular weight excluding hydrogens is 208 g/mol. The fourth-order valence-electron chi connectivity index (χ4n) is 1.54. The van der Waals surface area contributed by atoms with Crippen molar-refractivity contribution in [2.75, 3.05) is 0 Å². The summed E-state index contributed by atoms with van der Waals surface area (Å²) in [5, 5.41) is 5.16. The normalized spacial score (nSPS) is 10.6. The third-order valence-corrected chi connectivity index (χ3v) is 2.77. The van der Waals surface area contributed by atoms with E-state index in [1.54, 1.807) is 0 Å². The Balaban J connectivity index is 2.21. The first-order chi connectivity index (χ1) is 7.15. The van der Waals surface area contributed by atoms with Crippen molar-refractivity contribution >= 4 is 11.6 Å². The fourth-order valence-corrected chi connectivity index (χ4v) is 1.66. The zero-order valence-corrected chi connectivity index (χ0v) is 9.62. The molecule has 0 amide bonds. The Morgan fingerprint density at radius 1 is 1.27 bits per heavy atom. The summed E-state index contributed by atoms with van der Waals surface area (Å²) in [4.78, 5) is 0. The average molecular weight is 221 g/mol. The first-order valence-electron chi connectivity index (χ1n) is 4.90. The van der Waals surface area contributed by atoms with Gasteiger partial charge >= 0.3 is 0 Å². The lowest BCUT2D eigenvalue weighted by atomic mass is 10.1. The first kappa shape index (κ1) is 10.2. The van der Waals surface area contributed by atoms with Crippen molar-refractivity contribution in [2.24, 2.45) is 0 Å². The molecule has 1 heterocycles. The average Bonchev–Trinajstić information content (AvgIpc) is 2.58. The van der Waals surface area contributed by atoms with Gasteiger partial charge in [0, 0.05) is 11.2 Å². The van der Waals surface area contributed by atoms with Crippen molar-refractivity contribution in [3.63, 3.8) is 0 Å². The zero-order valence-electron chi connectivity index (χ0n) is 8.87. The number of aromatic nitrogens is 2. The molecule has 0 aliphatic rings. The molecule has 15 heavy (non-hydrogen) atoms. The highest BCUT2D eigenvalue weighted by molar-refractivity contribution is 6.31. The molecule has 2 rings (SSSR count). The second kappa shape index (κ2) is 4.07. The van der Waals surface area contributed by atoms with Gasteiger partial charge in [-0.2, -0.15) is 5.10 Å². The van der Waals surface area contributed by atoms with Gasteiger partial charge < -0.3 is 0 Å². The number of hydrogen-bond acceptors (Lipinski definition) is 1. The summed E-state index contributed by atoms with van der Waals surface area (Å²) in [6, 6.07) is 8.07. The van der Waals surface area contributed by atoms with Crippen LogP contribution in [0.4, 0.5) is 0 Å². The molecule has 0 saturated carbocycles. The monoisotopic (exact) mass is 220 g/mol. The number of hydrogen-bond donors (Lipinski definition) is 0. The number of aryl methyl sites for hydroxylation is 2. The number of rotatable bonds is 2. The SMILES string of the molecule is Cc1ccn(Cc2ccc(Cl)c(C)c2)n1. The minimum atomic E-state index is 0.797. The maximum Gasteiger partial charge on any atom is 0.0659 e. The van der Waals surface area contributed by atoms with Crippen molar-refractivity contribution < 1.29 is 0 Å². The third kappa shape index (κ3) is 2.39. The van der Waals surface area contributed by atoms with Gasteiger partial charge in [0.2, 0.25) is 0 Å². The first-order valence-corrected chi connectivity index (χ1v) is 5.28. The highest BCUT2D eigenvalue weighted by Crippen LogP contribution is 2.16. The predicted octanol–water partition coefficient (Wildman–Crippen LogP) is 3.20. The Kier molecular flexibility index (Phi) is 2.78. The minimum Gasteiger partial charge on any atom is -0.268 e. The topological polar surface area (TPSA) is 17.8 Å². The van der Waals surface area contributed by atoms with Crippen LogP contribution in [-0.2, 0) is 6.54 Å². The molecule has 78 valence electrons. The quantitative estimate of drug-likeness (QED) is 0.760. The molecule has 0 spiro atoms. The second-order valence-electron chi connectivity index (χ2n) is 3.74. The Morgan fingerprint density at radius 3 is 2.67 bits per heavy atom. The van der Waals surface area contributed by atoms with Gasteiger partial charge in [-0.3, -0.25) is 4.68 Å². The molecule has 0 saturated heterocycles. The van der Waals surface area contributed by atoms with E-state index >= 15 is 0 Å². The predicted molar refractivity (Wildman–Crippen MR) is 62.3 cm³/mol. The van der Waals surface area contributed by atoms with Crippen molar-refractivity contribution in [1.29, 1.82) is 0 Å². The van der Waals surface area contributed by atoms with E-state index in [2.05, 4.69) is 11.2 Å². The van der Waals surface area contributed by atoms with Crippen molar-refractivity contribution in [1.82, 2.24) is 9.78 Å². The lowest BCUT2D eigenvalue weighted by Crippen LogP contribution is -2.00. The maximum atomic E-state index is 5.97. The minimum absolute atomic E-state index is 0.797. The van der Waals surface area contributed by atoms with E-state index in [-0.39, 0.29) is 0 Å². The highest BCUT2D eigenvalue weighted by Gasteiger charge is 1.99. The number of halogens is 1. The third-order valence-electron chi connectivity index (χ3n) is 2.34. The van der Waals surface area contributed by atoms with Crippen LogP contribution in [-0.4, -0.2) is 9.78 Å². The molecular formula is C12H13ClN2. The van der Waals surface area contributed by atoms with Gasteiger partial charge in [0.15, 0.2) is 0 Å². The molecule has 1 aromatic carbocycles. The number of benzene rings is 1. The number of nitrogens with zero attached hydrogens (tertiary/aromatic N) is 2. The Bertz CT molecular complexity index is 474. The molecule has 0 unspecified atom stereocenters. The van der Waals surface area contributed by atoms with Gasteiger partial charge in [-0.05, 0) is 37.1 Å². The summed E-state index contributed by atoms with van der Waals surface area (Å²) >= 11 is 5.97. The van der Waals surface area contributed by atoms with Gasteiger partial charge in [-0.15, -0.1) is 0 Å². The maximum absolute atomic E-state index is 5.97. The van der Waals surface area contributed by atoms with E-state index in [9.17, 15) is 0 Å². The van der Waals surface area contributed by atoms with Crippen LogP contribution in [0.3, 0.4) is 0 Å². The molecule has 0 atom stereocenters. The molecule has 0 fully saturated rings. The summed E-state index contributed by atoms with van der Waals surface area (Å²) in [5.41, 5.74) is 3.37. The van der Waals surface area contributed by atoms with Gasteiger partial charge in [0.05, 0.1) is 12.2 Å². The van der Waals surface area contributed by atoms with Crippen LogP contribution in [0.1, 0.15) is 16.8 Å². The van der Waals surface area contributed by atoms with Gasteiger partial charge in [-0.1, -0.05) is 23.7 Å². The molecule has 0 radical (unpaired) electrons. The lowest BCUT2D eigenvalue weighted by molar-refractivity contribution is 0.679. The second-order valence-corrected chi connectivity index (χ2v) is 4.15. The van der Waals surface area contributed by atoms with Crippen LogP contribution in [0, 0.1) is 13.8 Å². The van der Waals surface area contributed by atoms with E-state index in [0.29, 0.717) is 0 Å². The molecule has 0 N–H and O–H groups in total. The van der Waals surface area contributed by atoms with Gasteiger partial charge in [0.25, 0.3) is 0 Å².